The first kappa shape index (κ1) is 15.3. The summed E-state index contributed by atoms with van der Waals surface area (Å²) in [4.78, 5) is 11.1. The molecule has 0 aromatic carbocycles. The third-order valence-electron chi connectivity index (χ3n) is 2.07. The standard InChI is InChI=1S/C10H20O6/c1-8(11)9(12)16-7-10(15-4,5-13-2)6-14-3/h8,11H,5-7H2,1-4H3. The van der Waals surface area contributed by atoms with Crippen molar-refractivity contribution >= 4 is 5.97 Å². The summed E-state index contributed by atoms with van der Waals surface area (Å²) < 4.78 is 20.1. The fourth-order valence-electron chi connectivity index (χ4n) is 1.15. The Hall–Kier alpha value is -0.690. The number of aliphatic hydroxyl groups is 1. The summed E-state index contributed by atoms with van der Waals surface area (Å²) in [5.74, 6) is -0.700. The highest BCUT2D eigenvalue weighted by atomic mass is 16.6. The van der Waals surface area contributed by atoms with E-state index in [9.17, 15) is 4.79 Å². The van der Waals surface area contributed by atoms with Crippen molar-refractivity contribution in [2.24, 2.45) is 0 Å². The Labute approximate surface area is 95.4 Å². The molecule has 0 aromatic rings. The van der Waals surface area contributed by atoms with Crippen LogP contribution in [0.15, 0.2) is 0 Å². The van der Waals surface area contributed by atoms with Gasteiger partial charge in [0.15, 0.2) is 0 Å². The minimum atomic E-state index is -1.15. The molecule has 0 aliphatic heterocycles. The van der Waals surface area contributed by atoms with E-state index < -0.39 is 17.7 Å². The van der Waals surface area contributed by atoms with Crippen molar-refractivity contribution in [3.63, 3.8) is 0 Å². The Morgan fingerprint density at radius 2 is 1.69 bits per heavy atom. The second-order valence-corrected chi connectivity index (χ2v) is 3.54. The normalized spacial score (nSPS) is 13.6. The minimum absolute atomic E-state index is 0.0328. The van der Waals surface area contributed by atoms with Crippen LogP contribution in [0.2, 0.25) is 0 Å². The third-order valence-corrected chi connectivity index (χ3v) is 2.07. The van der Waals surface area contributed by atoms with Gasteiger partial charge in [-0.3, -0.25) is 0 Å². The van der Waals surface area contributed by atoms with Gasteiger partial charge in [0.05, 0.1) is 13.2 Å². The molecule has 1 unspecified atom stereocenters. The maximum atomic E-state index is 11.1. The van der Waals surface area contributed by atoms with Gasteiger partial charge in [-0.05, 0) is 6.92 Å². The van der Waals surface area contributed by atoms with Crippen molar-refractivity contribution in [3.8, 4) is 0 Å². The molecule has 0 fully saturated rings. The van der Waals surface area contributed by atoms with Gasteiger partial charge in [-0.1, -0.05) is 0 Å². The summed E-state index contributed by atoms with van der Waals surface area (Å²) >= 11 is 0. The number of carbonyl (C=O) groups excluding carboxylic acids is 1. The van der Waals surface area contributed by atoms with Crippen LogP contribution in [0.3, 0.4) is 0 Å². The maximum Gasteiger partial charge on any atom is 0.334 e. The molecule has 0 saturated carbocycles. The predicted molar refractivity (Wildman–Crippen MR) is 56.1 cm³/mol. The summed E-state index contributed by atoms with van der Waals surface area (Å²) in [6.45, 7) is 1.76. The Balaban J connectivity index is 4.34. The zero-order valence-electron chi connectivity index (χ0n) is 10.2. The smallest absolute Gasteiger partial charge is 0.334 e. The summed E-state index contributed by atoms with van der Waals surface area (Å²) in [7, 11) is 4.51. The molecular formula is C10H20O6. The highest BCUT2D eigenvalue weighted by Gasteiger charge is 2.32. The molecule has 1 atom stereocenters. The van der Waals surface area contributed by atoms with Crippen LogP contribution >= 0.6 is 0 Å². The lowest BCUT2D eigenvalue weighted by molar-refractivity contribution is -0.173. The summed E-state index contributed by atoms with van der Waals surface area (Å²) in [5.41, 5.74) is -0.839. The second kappa shape index (κ2) is 7.56. The lowest BCUT2D eigenvalue weighted by atomic mass is 10.1. The summed E-state index contributed by atoms with van der Waals surface area (Å²) in [6.07, 6.45) is -1.15. The third kappa shape index (κ3) is 4.89. The molecule has 0 bridgehead atoms. The van der Waals surface area contributed by atoms with Crippen LogP contribution in [-0.4, -0.2) is 63.9 Å². The van der Waals surface area contributed by atoms with Crippen molar-refractivity contribution in [2.75, 3.05) is 41.2 Å². The zero-order chi connectivity index (χ0) is 12.6. The van der Waals surface area contributed by atoms with Crippen molar-refractivity contribution in [2.45, 2.75) is 18.6 Å². The SMILES string of the molecule is COCC(COC)(COC(=O)C(C)O)OC. The van der Waals surface area contributed by atoms with Gasteiger partial charge in [-0.2, -0.15) is 0 Å². The van der Waals surface area contributed by atoms with Crippen LogP contribution in [0.25, 0.3) is 0 Å². The molecule has 0 aliphatic rings. The minimum Gasteiger partial charge on any atom is -0.461 e. The number of hydrogen-bond acceptors (Lipinski definition) is 6. The Kier molecular flexibility index (Phi) is 7.24. The average Bonchev–Trinajstić information content (AvgIpc) is 2.25. The van der Waals surface area contributed by atoms with Gasteiger partial charge >= 0.3 is 5.97 Å². The first-order chi connectivity index (χ1) is 7.51. The van der Waals surface area contributed by atoms with Gasteiger partial charge < -0.3 is 24.1 Å². The molecule has 6 heteroatoms. The Morgan fingerprint density at radius 1 is 1.19 bits per heavy atom. The van der Waals surface area contributed by atoms with E-state index in [1.165, 1.54) is 28.3 Å². The topological polar surface area (TPSA) is 74.2 Å². The monoisotopic (exact) mass is 236 g/mol. The molecular weight excluding hydrogens is 216 g/mol. The molecule has 0 aromatic heterocycles. The van der Waals surface area contributed by atoms with Gasteiger partial charge in [0, 0.05) is 21.3 Å². The van der Waals surface area contributed by atoms with E-state index in [4.69, 9.17) is 24.1 Å². The molecule has 0 spiro atoms. The molecule has 1 N–H and O–H groups in total. The van der Waals surface area contributed by atoms with Gasteiger partial charge in [0.25, 0.3) is 0 Å². The highest BCUT2D eigenvalue weighted by Crippen LogP contribution is 2.12. The van der Waals surface area contributed by atoms with Crippen molar-refractivity contribution in [1.29, 1.82) is 0 Å². The quantitative estimate of drug-likeness (QED) is 0.577. The second-order valence-electron chi connectivity index (χ2n) is 3.54. The molecule has 0 heterocycles. The largest absolute Gasteiger partial charge is 0.461 e. The van der Waals surface area contributed by atoms with Gasteiger partial charge in [0.1, 0.15) is 18.3 Å². The molecule has 0 amide bonds. The van der Waals surface area contributed by atoms with E-state index in [-0.39, 0.29) is 19.8 Å². The number of esters is 1. The van der Waals surface area contributed by atoms with E-state index in [1.54, 1.807) is 0 Å². The molecule has 0 radical (unpaired) electrons. The van der Waals surface area contributed by atoms with Crippen LogP contribution in [0, 0.1) is 0 Å². The first-order valence-corrected chi connectivity index (χ1v) is 4.89. The number of rotatable bonds is 8. The average molecular weight is 236 g/mol. The molecule has 6 nitrogen and oxygen atoms in total. The van der Waals surface area contributed by atoms with Crippen LogP contribution < -0.4 is 0 Å². The molecule has 0 aliphatic carbocycles. The Bertz CT molecular complexity index is 197. The molecule has 16 heavy (non-hydrogen) atoms. The number of methoxy groups -OCH3 is 3. The van der Waals surface area contributed by atoms with Crippen LogP contribution in [-0.2, 0) is 23.7 Å². The van der Waals surface area contributed by atoms with Gasteiger partial charge in [-0.25, -0.2) is 4.79 Å². The fraction of sp³-hybridized carbons (Fsp3) is 0.900. The van der Waals surface area contributed by atoms with Crippen LogP contribution in [0.5, 0.6) is 0 Å². The molecule has 0 rings (SSSR count). The highest BCUT2D eigenvalue weighted by molar-refractivity contribution is 5.73. The van der Waals surface area contributed by atoms with Crippen LogP contribution in [0.1, 0.15) is 6.92 Å². The summed E-state index contributed by atoms with van der Waals surface area (Å²) in [6, 6.07) is 0. The lowest BCUT2D eigenvalue weighted by Gasteiger charge is -2.30. The van der Waals surface area contributed by atoms with Crippen molar-refractivity contribution in [1.82, 2.24) is 0 Å². The number of hydrogen-bond donors (Lipinski definition) is 1. The lowest BCUT2D eigenvalue weighted by Crippen LogP contribution is -2.47. The van der Waals surface area contributed by atoms with Crippen molar-refractivity contribution in [3.05, 3.63) is 0 Å². The van der Waals surface area contributed by atoms with E-state index in [0.717, 1.165) is 0 Å². The fourth-order valence-corrected chi connectivity index (χ4v) is 1.15. The van der Waals surface area contributed by atoms with E-state index in [1.807, 2.05) is 0 Å². The molecule has 96 valence electrons. The number of ether oxygens (including phenoxy) is 4. The Morgan fingerprint density at radius 3 is 2.00 bits per heavy atom. The summed E-state index contributed by atoms with van der Waals surface area (Å²) in [5, 5.41) is 8.97. The van der Waals surface area contributed by atoms with Crippen molar-refractivity contribution < 1.29 is 28.8 Å². The molecule has 0 saturated heterocycles. The first-order valence-electron chi connectivity index (χ1n) is 4.89. The zero-order valence-corrected chi connectivity index (χ0v) is 10.2. The number of aliphatic hydroxyl groups excluding tert-OH is 1. The van der Waals surface area contributed by atoms with Gasteiger partial charge in [0.2, 0.25) is 0 Å². The number of carbonyl (C=O) groups is 1. The van der Waals surface area contributed by atoms with E-state index >= 15 is 0 Å². The maximum absolute atomic E-state index is 11.1. The van der Waals surface area contributed by atoms with E-state index in [2.05, 4.69) is 0 Å². The predicted octanol–water partition coefficient (Wildman–Crippen LogP) is -0.412. The van der Waals surface area contributed by atoms with Gasteiger partial charge in [-0.15, -0.1) is 0 Å². The van der Waals surface area contributed by atoms with E-state index in [0.29, 0.717) is 0 Å². The van der Waals surface area contributed by atoms with Crippen LogP contribution in [0.4, 0.5) is 0 Å².